The number of fused-ring (bicyclic) bond motifs is 2. The number of rotatable bonds is 9. The van der Waals surface area contributed by atoms with Gasteiger partial charge >= 0.3 is 0 Å². The van der Waals surface area contributed by atoms with E-state index in [1.54, 1.807) is 4.88 Å². The molecule has 1 spiro atoms. The Morgan fingerprint density at radius 3 is 2.74 bits per heavy atom. The molecule has 3 aliphatic rings. The first-order valence-electron chi connectivity index (χ1n) is 12.0. The Kier molecular flexibility index (Phi) is 7.45. The molecule has 0 amide bonds. The summed E-state index contributed by atoms with van der Waals surface area (Å²) in [6, 6.07) is 2.76. The molecule has 1 aromatic heterocycles. The molecule has 0 radical (unpaired) electrons. The van der Waals surface area contributed by atoms with Crippen LogP contribution < -0.4 is 10.0 Å². The molecule has 2 N–H and O–H groups in total. The van der Waals surface area contributed by atoms with Gasteiger partial charge in [-0.2, -0.15) is 0 Å². The summed E-state index contributed by atoms with van der Waals surface area (Å²) in [7, 11) is -1.30. The van der Waals surface area contributed by atoms with E-state index in [1.807, 2.05) is 25.3 Å². The van der Waals surface area contributed by atoms with Crippen LogP contribution in [-0.4, -0.2) is 64.4 Å². The lowest BCUT2D eigenvalue weighted by atomic mass is 9.78. The summed E-state index contributed by atoms with van der Waals surface area (Å²) in [5.74, 6) is 0.808. The number of nitrogens with zero attached hydrogens (tertiary/aromatic N) is 1. The second kappa shape index (κ2) is 9.77. The molecule has 1 aliphatic carbocycles. The van der Waals surface area contributed by atoms with Gasteiger partial charge in [-0.1, -0.05) is 6.92 Å². The van der Waals surface area contributed by atoms with Crippen LogP contribution in [0.1, 0.15) is 61.3 Å². The first kappa shape index (κ1) is 23.6. The molecule has 1 saturated carbocycles. The highest BCUT2D eigenvalue weighted by Crippen LogP contribution is 2.45. The lowest BCUT2D eigenvalue weighted by Gasteiger charge is -2.46. The van der Waals surface area contributed by atoms with Crippen LogP contribution in [0.15, 0.2) is 6.07 Å². The molecule has 1 atom stereocenters. The van der Waals surface area contributed by atoms with Crippen LogP contribution in [0.3, 0.4) is 0 Å². The second-order valence-electron chi connectivity index (χ2n) is 9.75. The molecule has 2 fully saturated rings. The molecule has 0 bridgehead atoms. The van der Waals surface area contributed by atoms with Crippen molar-refractivity contribution in [3.63, 3.8) is 0 Å². The maximum atomic E-state index is 12.3. The minimum absolute atomic E-state index is 0.0593. The van der Waals surface area contributed by atoms with E-state index in [4.69, 9.17) is 4.74 Å². The Morgan fingerprint density at radius 1 is 1.32 bits per heavy atom. The van der Waals surface area contributed by atoms with Crippen molar-refractivity contribution in [3.8, 4) is 0 Å². The number of hydrogen-bond acceptors (Lipinski definition) is 6. The predicted molar refractivity (Wildman–Crippen MR) is 127 cm³/mol. The molecule has 1 saturated heterocycles. The normalized spacial score (nSPS) is 27.1. The predicted octanol–water partition coefficient (Wildman–Crippen LogP) is 2.87. The van der Waals surface area contributed by atoms with E-state index in [-0.39, 0.29) is 23.4 Å². The van der Waals surface area contributed by atoms with Crippen LogP contribution >= 0.6 is 11.3 Å². The number of thiophene rings is 1. The van der Waals surface area contributed by atoms with E-state index in [9.17, 15) is 8.42 Å². The highest BCUT2D eigenvalue weighted by Gasteiger charge is 2.43. The zero-order chi connectivity index (χ0) is 22.1. The van der Waals surface area contributed by atoms with Crippen LogP contribution in [0.5, 0.6) is 0 Å². The van der Waals surface area contributed by atoms with Crippen LogP contribution in [0.2, 0.25) is 0 Å². The molecule has 3 heterocycles. The number of likely N-dealkylation sites (tertiary alicyclic amines) is 1. The highest BCUT2D eigenvalue weighted by molar-refractivity contribution is 7.89. The van der Waals surface area contributed by atoms with Crippen LogP contribution in [0, 0.1) is 5.92 Å². The van der Waals surface area contributed by atoms with Crippen molar-refractivity contribution in [2.75, 3.05) is 39.0 Å². The molecule has 8 heteroatoms. The third-order valence-electron chi connectivity index (χ3n) is 7.48. The second-order valence-corrected chi connectivity index (χ2v) is 12.8. The number of sulfonamides is 1. The molecule has 6 nitrogen and oxygen atoms in total. The fraction of sp³-hybridized carbons (Fsp3) is 0.826. The summed E-state index contributed by atoms with van der Waals surface area (Å²) < 4.78 is 33.9. The highest BCUT2D eigenvalue weighted by atomic mass is 32.2. The van der Waals surface area contributed by atoms with Gasteiger partial charge in [0.1, 0.15) is 0 Å². The average Bonchev–Trinajstić information content (AvgIpc) is 3.17. The van der Waals surface area contributed by atoms with Crippen LogP contribution in [-0.2, 0) is 33.2 Å². The maximum Gasteiger partial charge on any atom is 0.211 e. The maximum absolute atomic E-state index is 12.3. The van der Waals surface area contributed by atoms with Gasteiger partial charge in [-0.3, -0.25) is 0 Å². The topological polar surface area (TPSA) is 70.7 Å². The van der Waals surface area contributed by atoms with Crippen molar-refractivity contribution in [2.45, 2.75) is 76.5 Å². The van der Waals surface area contributed by atoms with Crippen molar-refractivity contribution < 1.29 is 13.2 Å². The molecule has 4 rings (SSSR count). The van der Waals surface area contributed by atoms with Gasteiger partial charge in [0.15, 0.2) is 0 Å². The van der Waals surface area contributed by atoms with Gasteiger partial charge in [-0.25, -0.2) is 13.1 Å². The monoisotopic (exact) mass is 469 g/mol. The molecule has 2 aliphatic heterocycles. The first-order chi connectivity index (χ1) is 14.8. The number of ether oxygens (including phenoxy) is 1. The Labute approximate surface area is 192 Å². The lowest BCUT2D eigenvalue weighted by Crippen LogP contribution is -2.51. The molecule has 31 heavy (non-hydrogen) atoms. The molecular weight excluding hydrogens is 430 g/mol. The zero-order valence-electron chi connectivity index (χ0n) is 19.3. The van der Waals surface area contributed by atoms with Crippen LogP contribution in [0.25, 0.3) is 0 Å². The summed E-state index contributed by atoms with van der Waals surface area (Å²) in [4.78, 5) is 5.61. The fourth-order valence-corrected chi connectivity index (χ4v) is 7.95. The Morgan fingerprint density at radius 2 is 2.06 bits per heavy atom. The summed E-state index contributed by atoms with van der Waals surface area (Å²) >= 11 is 1.98. The summed E-state index contributed by atoms with van der Waals surface area (Å²) in [6.07, 6.45) is 6.91. The van der Waals surface area contributed by atoms with Crippen molar-refractivity contribution in [1.29, 1.82) is 0 Å². The lowest BCUT2D eigenvalue weighted by molar-refractivity contribution is -0.0995. The smallest absolute Gasteiger partial charge is 0.211 e. The van der Waals surface area contributed by atoms with Crippen LogP contribution in [0.4, 0.5) is 0 Å². The van der Waals surface area contributed by atoms with E-state index in [1.165, 1.54) is 10.4 Å². The number of nitrogens with one attached hydrogen (secondary N) is 2. The molecule has 1 aromatic rings. The van der Waals surface area contributed by atoms with E-state index in [2.05, 4.69) is 27.9 Å². The minimum atomic E-state index is -3.17. The standard InChI is InChI=1S/C23H39N3O3S2/c1-4-20-15-21-22(30-20)5-11-29-23(21)7-9-26(10-8-23)16-18-13-19(14-18)25-31(27,28)12-6-17(2)24-3/h15,17-19,24-25H,4-14,16H2,1-3H3. The number of piperidine rings is 1. The van der Waals surface area contributed by atoms with Crippen molar-refractivity contribution in [1.82, 2.24) is 14.9 Å². The number of aryl methyl sites for hydroxylation is 1. The third-order valence-corrected chi connectivity index (χ3v) is 10.3. The van der Waals surface area contributed by atoms with Gasteiger partial charge in [0, 0.05) is 47.9 Å². The molecular formula is C23H39N3O3S2. The van der Waals surface area contributed by atoms with Crippen molar-refractivity contribution in [3.05, 3.63) is 21.4 Å². The SMILES string of the molecule is CCc1cc2c(s1)CCOC21CCN(CC2CC(NS(=O)(=O)CCC(C)NC)C2)CC1. The molecule has 0 aromatic carbocycles. The Bertz CT molecular complexity index is 840. The average molecular weight is 470 g/mol. The Hall–Kier alpha value is -0.510. The summed E-state index contributed by atoms with van der Waals surface area (Å²) in [5.41, 5.74) is 1.42. The van der Waals surface area contributed by atoms with Gasteiger partial charge in [0.2, 0.25) is 10.0 Å². The molecule has 1 unspecified atom stereocenters. The fourth-order valence-electron chi connectivity index (χ4n) is 5.29. The van der Waals surface area contributed by atoms with Crippen molar-refractivity contribution in [2.24, 2.45) is 5.92 Å². The van der Waals surface area contributed by atoms with Gasteiger partial charge in [0.25, 0.3) is 0 Å². The van der Waals surface area contributed by atoms with Gasteiger partial charge in [-0.05, 0) is 70.0 Å². The number of hydrogen-bond donors (Lipinski definition) is 2. The van der Waals surface area contributed by atoms with Gasteiger partial charge < -0.3 is 15.0 Å². The minimum Gasteiger partial charge on any atom is -0.370 e. The zero-order valence-corrected chi connectivity index (χ0v) is 20.9. The first-order valence-corrected chi connectivity index (χ1v) is 14.4. The van der Waals surface area contributed by atoms with E-state index in [0.717, 1.165) is 64.8 Å². The van der Waals surface area contributed by atoms with Gasteiger partial charge in [0.05, 0.1) is 18.0 Å². The molecule has 176 valence electrons. The largest absolute Gasteiger partial charge is 0.370 e. The summed E-state index contributed by atoms with van der Waals surface area (Å²) in [6.45, 7) is 8.34. The third kappa shape index (κ3) is 5.53. The van der Waals surface area contributed by atoms with Gasteiger partial charge in [-0.15, -0.1) is 11.3 Å². The van der Waals surface area contributed by atoms with E-state index in [0.29, 0.717) is 12.3 Å². The Balaban J connectivity index is 1.21. The van der Waals surface area contributed by atoms with Crippen molar-refractivity contribution >= 4 is 21.4 Å². The van der Waals surface area contributed by atoms with E-state index >= 15 is 0 Å². The summed E-state index contributed by atoms with van der Waals surface area (Å²) in [5, 5.41) is 3.10. The van der Waals surface area contributed by atoms with E-state index < -0.39 is 10.0 Å². The quantitative estimate of drug-likeness (QED) is 0.582.